The summed E-state index contributed by atoms with van der Waals surface area (Å²) in [4.78, 5) is 18.2. The van der Waals surface area contributed by atoms with Crippen LogP contribution < -0.4 is 10.2 Å². The number of amidine groups is 1. The molecule has 1 amide bonds. The molecule has 132 valence electrons. The van der Waals surface area contributed by atoms with Crippen LogP contribution in [0.25, 0.3) is 0 Å². The van der Waals surface area contributed by atoms with Crippen LogP contribution in [-0.4, -0.2) is 57.9 Å². The Balaban J connectivity index is 1.81. The van der Waals surface area contributed by atoms with Crippen molar-refractivity contribution in [3.8, 4) is 0 Å². The number of hydrogen-bond acceptors (Lipinski definition) is 4. The lowest BCUT2D eigenvalue weighted by Gasteiger charge is -2.23. The highest BCUT2D eigenvalue weighted by atomic mass is 16.5. The minimum atomic E-state index is -0.194. The number of nitrogens with zero attached hydrogens (tertiary/aromatic N) is 1. The summed E-state index contributed by atoms with van der Waals surface area (Å²) in [6, 6.07) is 7.74. The van der Waals surface area contributed by atoms with Crippen LogP contribution in [-0.2, 0) is 9.47 Å². The molecule has 1 aliphatic rings. The first-order chi connectivity index (χ1) is 11.7. The van der Waals surface area contributed by atoms with Crippen molar-refractivity contribution in [1.82, 2.24) is 5.32 Å². The van der Waals surface area contributed by atoms with Crippen LogP contribution in [0.15, 0.2) is 29.3 Å². The number of ether oxygens (including phenoxy) is 2. The second kappa shape index (κ2) is 10.1. The minimum absolute atomic E-state index is 0.194. The van der Waals surface area contributed by atoms with Crippen molar-refractivity contribution in [2.45, 2.75) is 20.3 Å². The Morgan fingerprint density at radius 1 is 1.29 bits per heavy atom. The SMILES string of the molecule is CCOC(=NCCC[NH+]1CCOCC1)NC(=O)c1ccc(C)cc1. The highest BCUT2D eigenvalue weighted by molar-refractivity contribution is 6.04. The van der Waals surface area contributed by atoms with Gasteiger partial charge in [-0.25, -0.2) is 4.99 Å². The first kappa shape index (κ1) is 18.4. The molecule has 0 saturated carbocycles. The van der Waals surface area contributed by atoms with Crippen molar-refractivity contribution in [3.05, 3.63) is 35.4 Å². The fourth-order valence-corrected chi connectivity index (χ4v) is 2.55. The Bertz CT molecular complexity index is 537. The van der Waals surface area contributed by atoms with Gasteiger partial charge in [-0.15, -0.1) is 0 Å². The van der Waals surface area contributed by atoms with Crippen LogP contribution in [0.2, 0.25) is 0 Å². The molecule has 6 heteroatoms. The number of aryl methyl sites for hydroxylation is 1. The largest absolute Gasteiger partial charge is 0.465 e. The number of rotatable bonds is 6. The zero-order valence-corrected chi connectivity index (χ0v) is 14.6. The molecule has 0 atom stereocenters. The Hall–Kier alpha value is -1.92. The quantitative estimate of drug-likeness (QED) is 0.450. The fraction of sp³-hybridized carbons (Fsp3) is 0.556. The van der Waals surface area contributed by atoms with Crippen molar-refractivity contribution in [2.24, 2.45) is 4.99 Å². The lowest BCUT2D eigenvalue weighted by Crippen LogP contribution is -3.14. The Kier molecular flexibility index (Phi) is 7.71. The van der Waals surface area contributed by atoms with E-state index in [1.165, 1.54) is 0 Å². The lowest BCUT2D eigenvalue weighted by molar-refractivity contribution is -0.908. The van der Waals surface area contributed by atoms with E-state index < -0.39 is 0 Å². The molecule has 2 rings (SSSR count). The monoisotopic (exact) mass is 334 g/mol. The molecule has 1 aromatic rings. The van der Waals surface area contributed by atoms with Crippen LogP contribution >= 0.6 is 0 Å². The summed E-state index contributed by atoms with van der Waals surface area (Å²) in [5.41, 5.74) is 1.72. The second-order valence-electron chi connectivity index (χ2n) is 5.91. The molecular weight excluding hydrogens is 306 g/mol. The number of nitrogens with one attached hydrogen (secondary N) is 2. The van der Waals surface area contributed by atoms with E-state index in [1.54, 1.807) is 17.0 Å². The molecular formula is C18H28N3O3+. The van der Waals surface area contributed by atoms with Gasteiger partial charge in [0.25, 0.3) is 11.9 Å². The van der Waals surface area contributed by atoms with Gasteiger partial charge in [0.1, 0.15) is 13.1 Å². The van der Waals surface area contributed by atoms with Crippen molar-refractivity contribution in [3.63, 3.8) is 0 Å². The smallest absolute Gasteiger partial charge is 0.291 e. The molecule has 24 heavy (non-hydrogen) atoms. The van der Waals surface area contributed by atoms with Crippen molar-refractivity contribution in [1.29, 1.82) is 0 Å². The van der Waals surface area contributed by atoms with Gasteiger partial charge >= 0.3 is 0 Å². The van der Waals surface area contributed by atoms with Gasteiger partial charge in [-0.1, -0.05) is 17.7 Å². The molecule has 0 unspecified atom stereocenters. The van der Waals surface area contributed by atoms with E-state index in [4.69, 9.17) is 9.47 Å². The predicted molar refractivity (Wildman–Crippen MR) is 93.6 cm³/mol. The third-order valence-electron chi connectivity index (χ3n) is 3.96. The maximum Gasteiger partial charge on any atom is 0.291 e. The average Bonchev–Trinajstić information content (AvgIpc) is 2.60. The molecule has 6 nitrogen and oxygen atoms in total. The second-order valence-corrected chi connectivity index (χ2v) is 5.91. The lowest BCUT2D eigenvalue weighted by atomic mass is 10.1. The zero-order chi connectivity index (χ0) is 17.2. The van der Waals surface area contributed by atoms with Gasteiger partial charge < -0.3 is 14.4 Å². The van der Waals surface area contributed by atoms with E-state index in [0.29, 0.717) is 24.7 Å². The van der Waals surface area contributed by atoms with E-state index in [0.717, 1.165) is 44.8 Å². The van der Waals surface area contributed by atoms with Crippen LogP contribution in [0.3, 0.4) is 0 Å². The van der Waals surface area contributed by atoms with Gasteiger partial charge in [0.2, 0.25) is 0 Å². The standard InChI is InChI=1S/C18H27N3O3/c1-3-24-18(19-9-4-10-21-11-13-23-14-12-21)20-17(22)16-7-5-15(2)6-8-16/h5-8H,3-4,9-14H2,1-2H3,(H,19,20,22)/p+1. The summed E-state index contributed by atoms with van der Waals surface area (Å²) in [6.07, 6.45) is 0.965. The van der Waals surface area contributed by atoms with E-state index in [2.05, 4.69) is 10.3 Å². The highest BCUT2D eigenvalue weighted by Gasteiger charge is 2.13. The molecule has 0 radical (unpaired) electrons. The minimum Gasteiger partial charge on any atom is -0.465 e. The van der Waals surface area contributed by atoms with E-state index in [1.807, 2.05) is 26.0 Å². The number of quaternary nitrogens is 1. The number of benzene rings is 1. The molecule has 1 heterocycles. The van der Waals surface area contributed by atoms with Gasteiger partial charge in [0.15, 0.2) is 0 Å². The Morgan fingerprint density at radius 3 is 2.67 bits per heavy atom. The van der Waals surface area contributed by atoms with Gasteiger partial charge in [-0.05, 0) is 26.0 Å². The molecule has 0 aromatic heterocycles. The van der Waals surface area contributed by atoms with Gasteiger partial charge in [-0.2, -0.15) is 0 Å². The van der Waals surface area contributed by atoms with Crippen LogP contribution in [0.4, 0.5) is 0 Å². The normalized spacial score (nSPS) is 16.0. The zero-order valence-electron chi connectivity index (χ0n) is 14.6. The third-order valence-corrected chi connectivity index (χ3v) is 3.96. The van der Waals surface area contributed by atoms with Gasteiger partial charge in [0.05, 0.1) is 26.4 Å². The topological polar surface area (TPSA) is 64.4 Å². The first-order valence-electron chi connectivity index (χ1n) is 8.65. The molecule has 1 fully saturated rings. The molecule has 0 spiro atoms. The molecule has 1 aromatic carbocycles. The molecule has 1 saturated heterocycles. The number of carbonyl (C=O) groups excluding carboxylic acids is 1. The van der Waals surface area contributed by atoms with Crippen LogP contribution in [0, 0.1) is 6.92 Å². The number of hydrogen-bond donors (Lipinski definition) is 2. The van der Waals surface area contributed by atoms with Crippen molar-refractivity contribution in [2.75, 3.05) is 46.0 Å². The van der Waals surface area contributed by atoms with Crippen LogP contribution in [0.1, 0.15) is 29.3 Å². The van der Waals surface area contributed by atoms with Crippen LogP contribution in [0.5, 0.6) is 0 Å². The van der Waals surface area contributed by atoms with Gasteiger partial charge in [-0.3, -0.25) is 10.1 Å². The van der Waals surface area contributed by atoms with Crippen molar-refractivity contribution >= 4 is 11.9 Å². The van der Waals surface area contributed by atoms with E-state index in [-0.39, 0.29) is 5.91 Å². The van der Waals surface area contributed by atoms with Crippen molar-refractivity contribution < 1.29 is 19.2 Å². The number of amides is 1. The molecule has 1 aliphatic heterocycles. The predicted octanol–water partition coefficient (Wildman–Crippen LogP) is 0.423. The summed E-state index contributed by atoms with van der Waals surface area (Å²) in [5, 5.41) is 2.75. The number of carbonyl (C=O) groups is 1. The summed E-state index contributed by atoms with van der Waals surface area (Å²) in [6.45, 7) is 9.87. The van der Waals surface area contributed by atoms with Gasteiger partial charge in [0, 0.05) is 18.5 Å². The molecule has 2 N–H and O–H groups in total. The summed E-state index contributed by atoms with van der Waals surface area (Å²) in [7, 11) is 0. The maximum absolute atomic E-state index is 12.2. The number of aliphatic imine (C=N–C) groups is 1. The van der Waals surface area contributed by atoms with E-state index >= 15 is 0 Å². The maximum atomic E-state index is 12.2. The summed E-state index contributed by atoms with van der Waals surface area (Å²) in [5.74, 6) is -0.194. The Labute approximate surface area is 143 Å². The fourth-order valence-electron chi connectivity index (χ4n) is 2.55. The third kappa shape index (κ3) is 6.29. The molecule has 0 bridgehead atoms. The molecule has 0 aliphatic carbocycles. The summed E-state index contributed by atoms with van der Waals surface area (Å²) < 4.78 is 10.8. The summed E-state index contributed by atoms with van der Waals surface area (Å²) >= 11 is 0. The highest BCUT2D eigenvalue weighted by Crippen LogP contribution is 2.03. The average molecular weight is 334 g/mol. The first-order valence-corrected chi connectivity index (χ1v) is 8.65. The number of morpholine rings is 1. The Morgan fingerprint density at radius 2 is 2.00 bits per heavy atom. The van der Waals surface area contributed by atoms with E-state index in [9.17, 15) is 4.79 Å².